The van der Waals surface area contributed by atoms with Crippen molar-refractivity contribution in [3.05, 3.63) is 35.4 Å². The fourth-order valence-corrected chi connectivity index (χ4v) is 2.82. The summed E-state index contributed by atoms with van der Waals surface area (Å²) in [6.45, 7) is 11.5. The Morgan fingerprint density at radius 2 is 2.10 bits per heavy atom. The Morgan fingerprint density at radius 1 is 1.30 bits per heavy atom. The first-order chi connectivity index (χ1) is 9.72. The molecule has 0 aromatic heterocycles. The quantitative estimate of drug-likeness (QED) is 0.864. The van der Waals surface area contributed by atoms with Crippen LogP contribution in [-0.4, -0.2) is 36.7 Å². The molecule has 112 valence electrons. The Kier molecular flexibility index (Phi) is 6.02. The third-order valence-corrected chi connectivity index (χ3v) is 4.01. The molecule has 1 aromatic carbocycles. The minimum absolute atomic E-state index is 0.350. The van der Waals surface area contributed by atoms with Gasteiger partial charge in [-0.1, -0.05) is 38.1 Å². The lowest BCUT2D eigenvalue weighted by Crippen LogP contribution is -2.47. The molecule has 0 radical (unpaired) electrons. The van der Waals surface area contributed by atoms with E-state index in [-0.39, 0.29) is 0 Å². The first kappa shape index (κ1) is 15.5. The summed E-state index contributed by atoms with van der Waals surface area (Å²) in [7, 11) is 0. The Balaban J connectivity index is 2.00. The van der Waals surface area contributed by atoms with E-state index in [1.165, 1.54) is 11.1 Å². The number of nitrogens with one attached hydrogen (secondary N) is 1. The first-order valence-electron chi connectivity index (χ1n) is 7.87. The monoisotopic (exact) mass is 276 g/mol. The van der Waals surface area contributed by atoms with E-state index in [2.05, 4.69) is 55.3 Å². The van der Waals surface area contributed by atoms with Gasteiger partial charge in [0.1, 0.15) is 0 Å². The molecule has 1 N–H and O–H groups in total. The van der Waals surface area contributed by atoms with Crippen LogP contribution in [-0.2, 0) is 17.8 Å². The summed E-state index contributed by atoms with van der Waals surface area (Å²) in [6, 6.07) is 9.50. The van der Waals surface area contributed by atoms with Gasteiger partial charge in [0.05, 0.1) is 12.7 Å². The standard InChI is InChI=1S/C17H28N2O/c1-4-17-13-20-14(3)11-19(17)12-16-8-6-7-15(9-16)10-18-5-2/h6-9,14,17-18H,4-5,10-13H2,1-3H3. The van der Waals surface area contributed by atoms with Crippen LogP contribution in [0, 0.1) is 0 Å². The van der Waals surface area contributed by atoms with Crippen LogP contribution >= 0.6 is 0 Å². The molecule has 2 atom stereocenters. The molecular formula is C17H28N2O. The molecule has 2 unspecified atom stereocenters. The normalized spacial score (nSPS) is 23.9. The average molecular weight is 276 g/mol. The van der Waals surface area contributed by atoms with Crippen LogP contribution in [0.1, 0.15) is 38.3 Å². The molecule has 0 bridgehead atoms. The maximum atomic E-state index is 5.77. The summed E-state index contributed by atoms with van der Waals surface area (Å²) >= 11 is 0. The fourth-order valence-electron chi connectivity index (χ4n) is 2.82. The van der Waals surface area contributed by atoms with Crippen molar-refractivity contribution in [1.29, 1.82) is 0 Å². The zero-order chi connectivity index (χ0) is 14.4. The molecule has 2 rings (SSSR count). The summed E-state index contributed by atoms with van der Waals surface area (Å²) in [5, 5.41) is 3.39. The summed E-state index contributed by atoms with van der Waals surface area (Å²) in [6.07, 6.45) is 1.51. The van der Waals surface area contributed by atoms with E-state index in [0.29, 0.717) is 12.1 Å². The number of hydrogen-bond donors (Lipinski definition) is 1. The molecule has 0 spiro atoms. The largest absolute Gasteiger partial charge is 0.376 e. The maximum absolute atomic E-state index is 5.77. The smallest absolute Gasteiger partial charge is 0.0674 e. The molecule has 1 aromatic rings. The Bertz CT molecular complexity index is 408. The third kappa shape index (κ3) is 4.30. The SMILES string of the molecule is CCNCc1cccc(CN2CC(C)OCC2CC)c1. The molecule has 0 saturated carbocycles. The summed E-state index contributed by atoms with van der Waals surface area (Å²) < 4.78 is 5.77. The van der Waals surface area contributed by atoms with Gasteiger partial charge in [0.25, 0.3) is 0 Å². The zero-order valence-electron chi connectivity index (χ0n) is 13.1. The Morgan fingerprint density at radius 3 is 2.85 bits per heavy atom. The van der Waals surface area contributed by atoms with Crippen molar-refractivity contribution in [2.24, 2.45) is 0 Å². The van der Waals surface area contributed by atoms with Crippen molar-refractivity contribution in [3.63, 3.8) is 0 Å². The highest BCUT2D eigenvalue weighted by Crippen LogP contribution is 2.18. The molecule has 1 aliphatic heterocycles. The van der Waals surface area contributed by atoms with Crippen molar-refractivity contribution in [1.82, 2.24) is 10.2 Å². The molecule has 3 heteroatoms. The van der Waals surface area contributed by atoms with Crippen LogP contribution in [0.25, 0.3) is 0 Å². The number of ether oxygens (including phenoxy) is 1. The highest BCUT2D eigenvalue weighted by atomic mass is 16.5. The van der Waals surface area contributed by atoms with Crippen molar-refractivity contribution in [3.8, 4) is 0 Å². The maximum Gasteiger partial charge on any atom is 0.0674 e. The van der Waals surface area contributed by atoms with E-state index in [1.807, 2.05) is 0 Å². The lowest BCUT2D eigenvalue weighted by molar-refractivity contribution is -0.0592. The van der Waals surface area contributed by atoms with Gasteiger partial charge in [-0.25, -0.2) is 0 Å². The molecular weight excluding hydrogens is 248 g/mol. The van der Waals surface area contributed by atoms with Crippen molar-refractivity contribution < 1.29 is 4.74 Å². The number of nitrogens with zero attached hydrogens (tertiary/aromatic N) is 1. The average Bonchev–Trinajstić information content (AvgIpc) is 2.46. The van der Waals surface area contributed by atoms with E-state index < -0.39 is 0 Å². The predicted molar refractivity (Wildman–Crippen MR) is 83.7 cm³/mol. The number of benzene rings is 1. The van der Waals surface area contributed by atoms with Gasteiger partial charge in [-0.05, 0) is 31.0 Å². The van der Waals surface area contributed by atoms with Crippen LogP contribution in [0.2, 0.25) is 0 Å². The second kappa shape index (κ2) is 7.77. The highest BCUT2D eigenvalue weighted by molar-refractivity contribution is 5.23. The number of hydrogen-bond acceptors (Lipinski definition) is 3. The summed E-state index contributed by atoms with van der Waals surface area (Å²) in [5.41, 5.74) is 2.78. The third-order valence-electron chi connectivity index (χ3n) is 4.01. The highest BCUT2D eigenvalue weighted by Gasteiger charge is 2.25. The van der Waals surface area contributed by atoms with Gasteiger partial charge in [-0.15, -0.1) is 0 Å². The van der Waals surface area contributed by atoms with Crippen molar-refractivity contribution in [2.45, 2.75) is 52.4 Å². The van der Waals surface area contributed by atoms with Crippen LogP contribution in [0.15, 0.2) is 24.3 Å². The molecule has 1 heterocycles. The van der Waals surface area contributed by atoms with Crippen molar-refractivity contribution in [2.75, 3.05) is 19.7 Å². The van der Waals surface area contributed by atoms with Crippen LogP contribution in [0.4, 0.5) is 0 Å². The van der Waals surface area contributed by atoms with E-state index in [4.69, 9.17) is 4.74 Å². The molecule has 0 aliphatic carbocycles. The van der Waals surface area contributed by atoms with Gasteiger partial charge in [-0.3, -0.25) is 4.90 Å². The Hall–Kier alpha value is -0.900. The molecule has 1 aliphatic rings. The molecule has 1 fully saturated rings. The van der Waals surface area contributed by atoms with Gasteiger partial charge < -0.3 is 10.1 Å². The van der Waals surface area contributed by atoms with E-state index in [0.717, 1.165) is 39.2 Å². The fraction of sp³-hybridized carbons (Fsp3) is 0.647. The predicted octanol–water partition coefficient (Wildman–Crippen LogP) is 2.80. The first-order valence-corrected chi connectivity index (χ1v) is 7.87. The summed E-state index contributed by atoms with van der Waals surface area (Å²) in [4.78, 5) is 2.57. The lowest BCUT2D eigenvalue weighted by Gasteiger charge is -2.38. The second-order valence-electron chi connectivity index (χ2n) is 5.74. The zero-order valence-corrected chi connectivity index (χ0v) is 13.1. The van der Waals surface area contributed by atoms with Gasteiger partial charge in [-0.2, -0.15) is 0 Å². The van der Waals surface area contributed by atoms with E-state index in [1.54, 1.807) is 0 Å². The van der Waals surface area contributed by atoms with Crippen LogP contribution < -0.4 is 5.32 Å². The topological polar surface area (TPSA) is 24.5 Å². The second-order valence-corrected chi connectivity index (χ2v) is 5.74. The number of morpholine rings is 1. The molecule has 1 saturated heterocycles. The Labute approximate surface area is 123 Å². The van der Waals surface area contributed by atoms with Gasteiger partial charge in [0.15, 0.2) is 0 Å². The molecule has 3 nitrogen and oxygen atoms in total. The molecule has 0 amide bonds. The van der Waals surface area contributed by atoms with Crippen LogP contribution in [0.5, 0.6) is 0 Å². The van der Waals surface area contributed by atoms with Crippen LogP contribution in [0.3, 0.4) is 0 Å². The molecule has 20 heavy (non-hydrogen) atoms. The van der Waals surface area contributed by atoms with Gasteiger partial charge in [0.2, 0.25) is 0 Å². The van der Waals surface area contributed by atoms with E-state index in [9.17, 15) is 0 Å². The number of rotatable bonds is 6. The minimum Gasteiger partial charge on any atom is -0.376 e. The van der Waals surface area contributed by atoms with E-state index >= 15 is 0 Å². The van der Waals surface area contributed by atoms with Gasteiger partial charge in [0, 0.05) is 25.7 Å². The van der Waals surface area contributed by atoms with Gasteiger partial charge >= 0.3 is 0 Å². The minimum atomic E-state index is 0.350. The van der Waals surface area contributed by atoms with Crippen molar-refractivity contribution >= 4 is 0 Å². The lowest BCUT2D eigenvalue weighted by atomic mass is 10.1. The summed E-state index contributed by atoms with van der Waals surface area (Å²) in [5.74, 6) is 0.